The van der Waals surface area contributed by atoms with Crippen LogP contribution in [0.3, 0.4) is 0 Å². The molecule has 0 aliphatic rings. The zero-order valence-electron chi connectivity index (χ0n) is 15.5. The Balaban J connectivity index is 1.42. The van der Waals surface area contributed by atoms with Crippen molar-refractivity contribution in [3.05, 3.63) is 108 Å². The first-order chi connectivity index (χ1) is 14.2. The Bertz CT molecular complexity index is 1230. The molecule has 0 aliphatic carbocycles. The highest BCUT2D eigenvalue weighted by Gasteiger charge is 2.06. The monoisotopic (exact) mass is 396 g/mol. The average molecular weight is 397 g/mol. The molecule has 0 aromatic heterocycles. The fraction of sp³-hybridized carbons (Fsp3) is 0. The fourth-order valence-electron chi connectivity index (χ4n) is 3.39. The number of benzene rings is 5. The highest BCUT2D eigenvalue weighted by Crippen LogP contribution is 2.34. The summed E-state index contributed by atoms with van der Waals surface area (Å²) < 4.78 is 12.1. The molecule has 0 heterocycles. The van der Waals surface area contributed by atoms with Gasteiger partial charge in [-0.3, -0.25) is 0 Å². The zero-order chi connectivity index (χ0) is 19.6. The molecular weight excluding hydrogens is 380 g/mol. The maximum atomic E-state index is 6.31. The minimum atomic E-state index is 0.555. The summed E-state index contributed by atoms with van der Waals surface area (Å²) in [4.78, 5) is 0. The number of fused-ring (bicyclic) bond motifs is 2. The predicted molar refractivity (Wildman–Crippen MR) is 119 cm³/mol. The quantitative estimate of drug-likeness (QED) is 0.304. The van der Waals surface area contributed by atoms with Crippen molar-refractivity contribution in [3.8, 4) is 23.0 Å². The molecule has 0 spiro atoms. The van der Waals surface area contributed by atoms with Crippen molar-refractivity contribution in [3.63, 3.8) is 0 Å². The van der Waals surface area contributed by atoms with Crippen LogP contribution in [0.5, 0.6) is 23.0 Å². The summed E-state index contributed by atoms with van der Waals surface area (Å²) in [6, 6.07) is 33.8. The maximum Gasteiger partial charge on any atom is 0.132 e. The van der Waals surface area contributed by atoms with Gasteiger partial charge in [0.1, 0.15) is 23.0 Å². The van der Waals surface area contributed by atoms with Gasteiger partial charge in [0, 0.05) is 11.1 Å². The lowest BCUT2D eigenvalue weighted by molar-refractivity contribution is 0.461. The third kappa shape index (κ3) is 3.89. The molecule has 0 bridgehead atoms. The van der Waals surface area contributed by atoms with E-state index in [1.165, 1.54) is 10.8 Å². The van der Waals surface area contributed by atoms with E-state index in [4.69, 9.17) is 21.1 Å². The Kier molecular flexibility index (Phi) is 4.55. The van der Waals surface area contributed by atoms with Gasteiger partial charge in [0.15, 0.2) is 0 Å². The smallest absolute Gasteiger partial charge is 0.132 e. The van der Waals surface area contributed by atoms with Gasteiger partial charge < -0.3 is 9.47 Å². The largest absolute Gasteiger partial charge is 0.457 e. The number of hydrogen-bond donors (Lipinski definition) is 0. The van der Waals surface area contributed by atoms with Crippen molar-refractivity contribution in [2.24, 2.45) is 0 Å². The van der Waals surface area contributed by atoms with E-state index >= 15 is 0 Å². The van der Waals surface area contributed by atoms with Crippen LogP contribution in [0.4, 0.5) is 0 Å². The summed E-state index contributed by atoms with van der Waals surface area (Å²) in [6.45, 7) is 0. The normalized spacial score (nSPS) is 10.9. The molecule has 3 heteroatoms. The van der Waals surface area contributed by atoms with E-state index < -0.39 is 0 Å². The van der Waals surface area contributed by atoms with Gasteiger partial charge in [-0.25, -0.2) is 0 Å². The number of halogens is 1. The molecule has 140 valence electrons. The Morgan fingerprint density at radius 1 is 0.414 bits per heavy atom. The van der Waals surface area contributed by atoms with E-state index in [1.807, 2.05) is 66.7 Å². The van der Waals surface area contributed by atoms with Gasteiger partial charge in [-0.15, -0.1) is 0 Å². The summed E-state index contributed by atoms with van der Waals surface area (Å²) >= 11 is 6.31. The van der Waals surface area contributed by atoms with Crippen LogP contribution in [0.15, 0.2) is 103 Å². The molecule has 0 atom stereocenters. The minimum absolute atomic E-state index is 0.555. The molecule has 5 rings (SSSR count). The minimum Gasteiger partial charge on any atom is -0.457 e. The molecule has 0 saturated heterocycles. The summed E-state index contributed by atoms with van der Waals surface area (Å²) in [5.74, 6) is 2.76. The summed E-state index contributed by atoms with van der Waals surface area (Å²) in [5, 5.41) is 5.15. The van der Waals surface area contributed by atoms with Crippen molar-refractivity contribution >= 4 is 33.1 Å². The molecule has 0 fully saturated rings. The third-order valence-corrected chi connectivity index (χ3v) is 4.98. The lowest BCUT2D eigenvalue weighted by Crippen LogP contribution is -1.88. The van der Waals surface area contributed by atoms with Crippen LogP contribution in [-0.4, -0.2) is 0 Å². The Hall–Kier alpha value is -3.49. The van der Waals surface area contributed by atoms with Crippen LogP contribution >= 0.6 is 11.6 Å². The molecule has 0 radical (unpaired) electrons. The highest BCUT2D eigenvalue weighted by atomic mass is 35.5. The highest BCUT2D eigenvalue weighted by molar-refractivity contribution is 6.30. The van der Waals surface area contributed by atoms with Gasteiger partial charge in [0.25, 0.3) is 0 Å². The predicted octanol–water partition coefficient (Wildman–Crippen LogP) is 8.23. The van der Waals surface area contributed by atoms with Crippen LogP contribution < -0.4 is 9.47 Å². The third-order valence-electron chi connectivity index (χ3n) is 4.76. The van der Waals surface area contributed by atoms with Gasteiger partial charge in [-0.1, -0.05) is 72.3 Å². The van der Waals surface area contributed by atoms with Gasteiger partial charge in [0.2, 0.25) is 0 Å². The van der Waals surface area contributed by atoms with E-state index in [2.05, 4.69) is 24.3 Å². The second-order valence-corrected chi connectivity index (χ2v) is 7.28. The zero-order valence-corrected chi connectivity index (χ0v) is 16.3. The maximum absolute atomic E-state index is 6.31. The summed E-state index contributed by atoms with van der Waals surface area (Å²) in [5.41, 5.74) is 0. The number of rotatable bonds is 4. The topological polar surface area (TPSA) is 18.5 Å². The van der Waals surface area contributed by atoms with E-state index in [1.54, 1.807) is 12.1 Å². The van der Waals surface area contributed by atoms with Gasteiger partial charge in [-0.2, -0.15) is 0 Å². The number of ether oxygens (including phenoxy) is 2. The molecule has 0 aliphatic heterocycles. The van der Waals surface area contributed by atoms with Crippen molar-refractivity contribution in [2.45, 2.75) is 0 Å². The first-order valence-corrected chi connectivity index (χ1v) is 9.75. The molecular formula is C26H17ClO2. The van der Waals surface area contributed by atoms with Crippen molar-refractivity contribution in [2.75, 3.05) is 0 Å². The standard InChI is InChI=1S/C26H17ClO2/c27-22-15-25(28-23-11-9-18-5-1-3-7-20(18)13-23)17-26(16-22)29-24-12-10-19-6-2-4-8-21(19)14-24/h1-17H. The molecule has 5 aromatic rings. The lowest BCUT2D eigenvalue weighted by Gasteiger charge is -2.11. The molecule has 5 aromatic carbocycles. The van der Waals surface area contributed by atoms with Crippen LogP contribution in [0.25, 0.3) is 21.5 Å². The Labute approximate surface area is 173 Å². The van der Waals surface area contributed by atoms with Gasteiger partial charge in [-0.05, 0) is 57.9 Å². The Morgan fingerprint density at radius 2 is 0.862 bits per heavy atom. The molecule has 0 N–H and O–H groups in total. The van der Waals surface area contributed by atoms with Gasteiger partial charge in [0.05, 0.1) is 0 Å². The lowest BCUT2D eigenvalue weighted by atomic mass is 10.1. The van der Waals surface area contributed by atoms with Crippen molar-refractivity contribution in [1.82, 2.24) is 0 Å². The van der Waals surface area contributed by atoms with Crippen molar-refractivity contribution < 1.29 is 9.47 Å². The van der Waals surface area contributed by atoms with E-state index in [0.29, 0.717) is 16.5 Å². The van der Waals surface area contributed by atoms with E-state index in [0.717, 1.165) is 22.3 Å². The molecule has 2 nitrogen and oxygen atoms in total. The number of hydrogen-bond acceptors (Lipinski definition) is 2. The van der Waals surface area contributed by atoms with Crippen LogP contribution in [-0.2, 0) is 0 Å². The summed E-state index contributed by atoms with van der Waals surface area (Å²) in [6.07, 6.45) is 0. The molecule has 29 heavy (non-hydrogen) atoms. The summed E-state index contributed by atoms with van der Waals surface area (Å²) in [7, 11) is 0. The van der Waals surface area contributed by atoms with E-state index in [-0.39, 0.29) is 0 Å². The van der Waals surface area contributed by atoms with Crippen LogP contribution in [0, 0.1) is 0 Å². The van der Waals surface area contributed by atoms with Crippen LogP contribution in [0.2, 0.25) is 5.02 Å². The second kappa shape index (κ2) is 7.50. The molecule has 0 amide bonds. The first kappa shape index (κ1) is 17.6. The first-order valence-electron chi connectivity index (χ1n) is 9.37. The fourth-order valence-corrected chi connectivity index (χ4v) is 3.60. The van der Waals surface area contributed by atoms with Gasteiger partial charge >= 0.3 is 0 Å². The SMILES string of the molecule is Clc1cc(Oc2ccc3ccccc3c2)cc(Oc2ccc3ccccc3c2)c1. The van der Waals surface area contributed by atoms with Crippen LogP contribution in [0.1, 0.15) is 0 Å². The Morgan fingerprint density at radius 3 is 1.34 bits per heavy atom. The molecule has 0 unspecified atom stereocenters. The molecule has 0 saturated carbocycles. The second-order valence-electron chi connectivity index (χ2n) is 6.84. The van der Waals surface area contributed by atoms with E-state index in [9.17, 15) is 0 Å². The van der Waals surface area contributed by atoms with Crippen molar-refractivity contribution in [1.29, 1.82) is 0 Å². The average Bonchev–Trinajstić information content (AvgIpc) is 2.73.